The predicted molar refractivity (Wildman–Crippen MR) is 88.9 cm³/mol. The van der Waals surface area contributed by atoms with Crippen LogP contribution in [0.1, 0.15) is 33.1 Å². The lowest BCUT2D eigenvalue weighted by Crippen LogP contribution is -2.26. The highest BCUT2D eigenvalue weighted by atomic mass is 35.5. The van der Waals surface area contributed by atoms with Crippen LogP contribution in [0.15, 0.2) is 24.3 Å². The summed E-state index contributed by atoms with van der Waals surface area (Å²) in [5.41, 5.74) is 0. The fourth-order valence-electron chi connectivity index (χ4n) is 3.29. The van der Waals surface area contributed by atoms with Gasteiger partial charge in [0.1, 0.15) is 0 Å². The SMILES string of the molecule is CC(C)C1CCCN(c2nnc(Cl)c3ccccc23)CC1. The van der Waals surface area contributed by atoms with Crippen molar-refractivity contribution in [1.82, 2.24) is 10.2 Å². The molecule has 0 N–H and O–H groups in total. The van der Waals surface area contributed by atoms with Crippen LogP contribution in [0.25, 0.3) is 10.8 Å². The van der Waals surface area contributed by atoms with E-state index in [-0.39, 0.29) is 0 Å². The Kier molecular flexibility index (Phi) is 4.29. The maximum atomic E-state index is 6.17. The third kappa shape index (κ3) is 2.98. The summed E-state index contributed by atoms with van der Waals surface area (Å²) in [5, 5.41) is 11.1. The number of nitrogens with zero attached hydrogens (tertiary/aromatic N) is 3. The number of benzene rings is 1. The second-order valence-corrected chi connectivity index (χ2v) is 6.64. The van der Waals surface area contributed by atoms with Gasteiger partial charge in [-0.2, -0.15) is 0 Å². The van der Waals surface area contributed by atoms with Gasteiger partial charge in [-0.05, 0) is 31.1 Å². The van der Waals surface area contributed by atoms with Crippen molar-refractivity contribution in [3.63, 3.8) is 0 Å². The number of anilines is 1. The molecular weight excluding hydrogens is 282 g/mol. The molecule has 21 heavy (non-hydrogen) atoms. The normalized spacial score (nSPS) is 20.0. The van der Waals surface area contributed by atoms with Crippen molar-refractivity contribution in [1.29, 1.82) is 0 Å². The third-order valence-electron chi connectivity index (χ3n) is 4.64. The Bertz CT molecular complexity index is 626. The molecule has 1 saturated heterocycles. The number of aromatic nitrogens is 2. The van der Waals surface area contributed by atoms with Crippen LogP contribution in [0, 0.1) is 11.8 Å². The molecule has 0 radical (unpaired) electrons. The van der Waals surface area contributed by atoms with E-state index < -0.39 is 0 Å². The van der Waals surface area contributed by atoms with Crippen molar-refractivity contribution < 1.29 is 0 Å². The van der Waals surface area contributed by atoms with Gasteiger partial charge in [0.25, 0.3) is 0 Å². The highest BCUT2D eigenvalue weighted by Gasteiger charge is 2.22. The molecule has 1 fully saturated rings. The first kappa shape index (κ1) is 14.6. The van der Waals surface area contributed by atoms with Crippen LogP contribution in [-0.4, -0.2) is 23.3 Å². The lowest BCUT2D eigenvalue weighted by Gasteiger charge is -2.23. The molecule has 1 unspecified atom stereocenters. The first-order valence-electron chi connectivity index (χ1n) is 7.82. The quantitative estimate of drug-likeness (QED) is 0.815. The lowest BCUT2D eigenvalue weighted by molar-refractivity contribution is 0.351. The van der Waals surface area contributed by atoms with Crippen LogP contribution in [0.2, 0.25) is 5.15 Å². The van der Waals surface area contributed by atoms with Gasteiger partial charge in [0.05, 0.1) is 0 Å². The van der Waals surface area contributed by atoms with E-state index >= 15 is 0 Å². The zero-order chi connectivity index (χ0) is 14.8. The van der Waals surface area contributed by atoms with Crippen LogP contribution in [0.3, 0.4) is 0 Å². The Morgan fingerprint density at radius 2 is 1.86 bits per heavy atom. The monoisotopic (exact) mass is 303 g/mol. The van der Waals surface area contributed by atoms with Gasteiger partial charge in [0, 0.05) is 23.9 Å². The van der Waals surface area contributed by atoms with Crippen LogP contribution in [-0.2, 0) is 0 Å². The molecule has 0 spiro atoms. The van der Waals surface area contributed by atoms with Crippen molar-refractivity contribution in [2.24, 2.45) is 11.8 Å². The van der Waals surface area contributed by atoms with Gasteiger partial charge in [0.2, 0.25) is 0 Å². The molecule has 0 bridgehead atoms. The topological polar surface area (TPSA) is 29.0 Å². The fourth-order valence-corrected chi connectivity index (χ4v) is 3.49. The predicted octanol–water partition coefficient (Wildman–Crippen LogP) is 4.55. The molecule has 0 saturated carbocycles. The summed E-state index contributed by atoms with van der Waals surface area (Å²) in [6.07, 6.45) is 3.77. The average Bonchev–Trinajstić information content (AvgIpc) is 2.74. The minimum Gasteiger partial charge on any atom is -0.355 e. The Morgan fingerprint density at radius 3 is 2.62 bits per heavy atom. The summed E-state index contributed by atoms with van der Waals surface area (Å²) >= 11 is 6.17. The van der Waals surface area contributed by atoms with Crippen LogP contribution < -0.4 is 4.90 Å². The van der Waals surface area contributed by atoms with Gasteiger partial charge in [-0.3, -0.25) is 0 Å². The molecule has 4 heteroatoms. The molecule has 3 nitrogen and oxygen atoms in total. The zero-order valence-corrected chi connectivity index (χ0v) is 13.5. The van der Waals surface area contributed by atoms with Gasteiger partial charge < -0.3 is 4.90 Å². The Balaban J connectivity index is 1.92. The van der Waals surface area contributed by atoms with Crippen LogP contribution in [0.5, 0.6) is 0 Å². The molecule has 1 atom stereocenters. The molecular formula is C17H22ClN3. The molecule has 1 aliphatic rings. The molecule has 2 aromatic rings. The van der Waals surface area contributed by atoms with Gasteiger partial charge in [-0.15, -0.1) is 10.2 Å². The highest BCUT2D eigenvalue weighted by Crippen LogP contribution is 2.31. The lowest BCUT2D eigenvalue weighted by atomic mass is 9.89. The second kappa shape index (κ2) is 6.18. The summed E-state index contributed by atoms with van der Waals surface area (Å²) in [6, 6.07) is 8.15. The Hall–Kier alpha value is -1.35. The summed E-state index contributed by atoms with van der Waals surface area (Å²) in [4.78, 5) is 2.38. The van der Waals surface area contributed by atoms with E-state index in [1.54, 1.807) is 0 Å². The zero-order valence-electron chi connectivity index (χ0n) is 12.7. The number of rotatable bonds is 2. The van der Waals surface area contributed by atoms with Gasteiger partial charge in [-0.1, -0.05) is 49.7 Å². The molecule has 2 heterocycles. The van der Waals surface area contributed by atoms with E-state index in [0.29, 0.717) is 5.15 Å². The number of hydrogen-bond donors (Lipinski definition) is 0. The maximum absolute atomic E-state index is 6.17. The summed E-state index contributed by atoms with van der Waals surface area (Å²) in [6.45, 7) is 6.78. The first-order valence-corrected chi connectivity index (χ1v) is 8.20. The van der Waals surface area contributed by atoms with E-state index in [1.165, 1.54) is 19.3 Å². The largest absolute Gasteiger partial charge is 0.355 e. The average molecular weight is 304 g/mol. The molecule has 1 aromatic heterocycles. The van der Waals surface area contributed by atoms with Gasteiger partial charge in [-0.25, -0.2) is 0 Å². The molecule has 0 aliphatic carbocycles. The van der Waals surface area contributed by atoms with E-state index in [4.69, 9.17) is 11.6 Å². The van der Waals surface area contributed by atoms with Crippen molar-refractivity contribution in [2.75, 3.05) is 18.0 Å². The van der Waals surface area contributed by atoms with Crippen molar-refractivity contribution >= 4 is 28.2 Å². The Morgan fingerprint density at radius 1 is 1.10 bits per heavy atom. The van der Waals surface area contributed by atoms with Crippen molar-refractivity contribution in [2.45, 2.75) is 33.1 Å². The maximum Gasteiger partial charge on any atom is 0.159 e. The number of halogens is 1. The van der Waals surface area contributed by atoms with E-state index in [9.17, 15) is 0 Å². The van der Waals surface area contributed by atoms with Crippen molar-refractivity contribution in [3.8, 4) is 0 Å². The fraction of sp³-hybridized carbons (Fsp3) is 0.529. The molecule has 0 amide bonds. The van der Waals surface area contributed by atoms with Crippen LogP contribution in [0.4, 0.5) is 5.82 Å². The van der Waals surface area contributed by atoms with Crippen LogP contribution >= 0.6 is 11.6 Å². The Labute approximate surface area is 131 Å². The summed E-state index contributed by atoms with van der Waals surface area (Å²) in [5.74, 6) is 2.57. The van der Waals surface area contributed by atoms with E-state index in [2.05, 4.69) is 35.0 Å². The van der Waals surface area contributed by atoms with E-state index in [1.807, 2.05) is 18.2 Å². The minimum absolute atomic E-state index is 0.490. The second-order valence-electron chi connectivity index (χ2n) is 6.28. The summed E-state index contributed by atoms with van der Waals surface area (Å²) in [7, 11) is 0. The summed E-state index contributed by atoms with van der Waals surface area (Å²) < 4.78 is 0. The smallest absolute Gasteiger partial charge is 0.159 e. The molecule has 112 valence electrons. The van der Waals surface area contributed by atoms with Gasteiger partial charge in [0.15, 0.2) is 11.0 Å². The molecule has 3 rings (SSSR count). The minimum atomic E-state index is 0.490. The standard InChI is InChI=1S/C17H22ClN3/c1-12(2)13-6-5-10-21(11-9-13)17-15-8-4-3-7-14(15)16(18)19-20-17/h3-4,7-8,12-13H,5-6,9-11H2,1-2H3. The van der Waals surface area contributed by atoms with Gasteiger partial charge >= 0.3 is 0 Å². The first-order chi connectivity index (χ1) is 10.2. The number of fused-ring (bicyclic) bond motifs is 1. The van der Waals surface area contributed by atoms with E-state index in [0.717, 1.165) is 41.5 Å². The number of hydrogen-bond acceptors (Lipinski definition) is 3. The third-order valence-corrected chi connectivity index (χ3v) is 4.92. The molecule has 1 aliphatic heterocycles. The molecule has 1 aromatic carbocycles. The van der Waals surface area contributed by atoms with Crippen molar-refractivity contribution in [3.05, 3.63) is 29.4 Å². The highest BCUT2D eigenvalue weighted by molar-refractivity contribution is 6.34.